The molecule has 2 rings (SSSR count). The summed E-state index contributed by atoms with van der Waals surface area (Å²) < 4.78 is 14.5. The molecule has 0 aliphatic carbocycles. The van der Waals surface area contributed by atoms with Gasteiger partial charge in [-0.3, -0.25) is 0 Å². The minimum atomic E-state index is -0.950. The Morgan fingerprint density at radius 2 is 1.95 bits per heavy atom. The third-order valence-electron chi connectivity index (χ3n) is 3.07. The maximum atomic E-state index is 12.8. The van der Waals surface area contributed by atoms with Crippen LogP contribution in [0.15, 0.2) is 36.5 Å². The monoisotopic (exact) mass is 261 g/mol. The molecule has 0 amide bonds. The fourth-order valence-electron chi connectivity index (χ4n) is 1.95. The summed E-state index contributed by atoms with van der Waals surface area (Å²) in [5, 5.41) is 9.20. The van der Waals surface area contributed by atoms with E-state index < -0.39 is 5.97 Å². The smallest absolute Gasteiger partial charge is 0.352 e. The lowest BCUT2D eigenvalue weighted by atomic mass is 10.1. The fourth-order valence-corrected chi connectivity index (χ4v) is 1.95. The van der Waals surface area contributed by atoms with Crippen molar-refractivity contribution >= 4 is 5.97 Å². The van der Waals surface area contributed by atoms with Crippen LogP contribution in [0.2, 0.25) is 0 Å². The van der Waals surface area contributed by atoms with E-state index in [4.69, 9.17) is 0 Å². The molecule has 1 heterocycles. The summed E-state index contributed by atoms with van der Waals surface area (Å²) in [4.78, 5) is 11.2. The van der Waals surface area contributed by atoms with Crippen LogP contribution in [0, 0.1) is 5.82 Å². The van der Waals surface area contributed by atoms with Crippen molar-refractivity contribution in [3.63, 3.8) is 0 Å². The number of hydrogen-bond acceptors (Lipinski definition) is 1. The highest BCUT2D eigenvalue weighted by atomic mass is 19.1. The van der Waals surface area contributed by atoms with Gasteiger partial charge in [0.15, 0.2) is 0 Å². The Morgan fingerprint density at radius 3 is 2.47 bits per heavy atom. The number of aromatic carboxylic acids is 1. The van der Waals surface area contributed by atoms with Crippen LogP contribution in [-0.2, 0) is 6.54 Å². The summed E-state index contributed by atoms with van der Waals surface area (Å²) >= 11 is 0. The molecule has 0 spiro atoms. The molecular weight excluding hydrogens is 245 g/mol. The quantitative estimate of drug-likeness (QED) is 0.915. The van der Waals surface area contributed by atoms with Gasteiger partial charge in [-0.15, -0.1) is 0 Å². The zero-order valence-corrected chi connectivity index (χ0v) is 10.9. The van der Waals surface area contributed by atoms with Crippen LogP contribution < -0.4 is 0 Å². The Morgan fingerprint density at radius 1 is 1.32 bits per heavy atom. The number of carboxylic acids is 1. The third kappa shape index (κ3) is 3.02. The van der Waals surface area contributed by atoms with E-state index in [0.717, 1.165) is 11.1 Å². The molecule has 4 heteroatoms. The molecule has 0 fully saturated rings. The van der Waals surface area contributed by atoms with E-state index in [2.05, 4.69) is 0 Å². The summed E-state index contributed by atoms with van der Waals surface area (Å²) in [6.45, 7) is 4.46. The Hall–Kier alpha value is -2.10. The summed E-state index contributed by atoms with van der Waals surface area (Å²) in [6.07, 6.45) is 1.84. The first-order chi connectivity index (χ1) is 8.97. The van der Waals surface area contributed by atoms with Gasteiger partial charge in [0, 0.05) is 12.7 Å². The molecule has 0 radical (unpaired) electrons. The zero-order chi connectivity index (χ0) is 14.0. The van der Waals surface area contributed by atoms with Crippen LogP contribution in [0.3, 0.4) is 0 Å². The summed E-state index contributed by atoms with van der Waals surface area (Å²) in [6, 6.07) is 7.77. The van der Waals surface area contributed by atoms with Gasteiger partial charge in [-0.1, -0.05) is 26.0 Å². The minimum Gasteiger partial charge on any atom is -0.477 e. The number of benzene rings is 1. The number of nitrogens with zero attached hydrogens (tertiary/aromatic N) is 1. The summed E-state index contributed by atoms with van der Waals surface area (Å²) in [7, 11) is 0. The number of carbonyl (C=O) groups is 1. The van der Waals surface area contributed by atoms with E-state index in [1.165, 1.54) is 12.1 Å². The van der Waals surface area contributed by atoms with Crippen LogP contribution in [0.1, 0.15) is 41.4 Å². The second-order valence-electron chi connectivity index (χ2n) is 4.87. The van der Waals surface area contributed by atoms with Gasteiger partial charge in [0.1, 0.15) is 11.5 Å². The first-order valence-electron chi connectivity index (χ1n) is 6.15. The normalized spacial score (nSPS) is 10.9. The van der Waals surface area contributed by atoms with Gasteiger partial charge in [0.25, 0.3) is 0 Å². The van der Waals surface area contributed by atoms with Crippen LogP contribution in [0.25, 0.3) is 0 Å². The van der Waals surface area contributed by atoms with Crippen molar-refractivity contribution in [1.29, 1.82) is 0 Å². The first kappa shape index (κ1) is 13.3. The molecule has 0 saturated heterocycles. The number of hydrogen-bond donors (Lipinski definition) is 1. The van der Waals surface area contributed by atoms with E-state index >= 15 is 0 Å². The highest BCUT2D eigenvalue weighted by molar-refractivity contribution is 5.86. The highest BCUT2D eigenvalue weighted by Crippen LogP contribution is 2.19. The average molecular weight is 261 g/mol. The van der Waals surface area contributed by atoms with E-state index in [9.17, 15) is 14.3 Å². The van der Waals surface area contributed by atoms with Gasteiger partial charge >= 0.3 is 5.97 Å². The van der Waals surface area contributed by atoms with Crippen LogP contribution >= 0.6 is 0 Å². The van der Waals surface area contributed by atoms with Crippen LogP contribution in [0.4, 0.5) is 4.39 Å². The van der Waals surface area contributed by atoms with Crippen molar-refractivity contribution in [1.82, 2.24) is 4.57 Å². The largest absolute Gasteiger partial charge is 0.477 e. The summed E-state index contributed by atoms with van der Waals surface area (Å²) in [5.41, 5.74) is 2.11. The molecule has 19 heavy (non-hydrogen) atoms. The number of aromatic nitrogens is 1. The van der Waals surface area contributed by atoms with Gasteiger partial charge in [-0.05, 0) is 35.2 Å². The molecule has 3 nitrogen and oxygen atoms in total. The number of halogens is 1. The molecule has 1 aromatic heterocycles. The number of carboxylic acid groups (broad SMARTS) is 1. The molecule has 0 aliphatic heterocycles. The molecule has 0 aliphatic rings. The fraction of sp³-hybridized carbons (Fsp3) is 0.267. The third-order valence-corrected chi connectivity index (χ3v) is 3.07. The molecule has 0 atom stereocenters. The molecule has 0 bridgehead atoms. The van der Waals surface area contributed by atoms with Crippen molar-refractivity contribution in [2.24, 2.45) is 0 Å². The molecule has 100 valence electrons. The maximum absolute atomic E-state index is 12.8. The predicted octanol–water partition coefficient (Wildman–Crippen LogP) is 3.50. The van der Waals surface area contributed by atoms with Crippen LogP contribution in [0.5, 0.6) is 0 Å². The molecule has 0 unspecified atom stereocenters. The molecule has 0 saturated carbocycles. The molecule has 1 aromatic carbocycles. The van der Waals surface area contributed by atoms with Crippen molar-refractivity contribution in [3.8, 4) is 0 Å². The maximum Gasteiger partial charge on any atom is 0.352 e. The van der Waals surface area contributed by atoms with E-state index in [0.29, 0.717) is 6.54 Å². The van der Waals surface area contributed by atoms with Gasteiger partial charge < -0.3 is 9.67 Å². The SMILES string of the molecule is CC(C)c1cc(C(=O)O)n(Cc2ccc(F)cc2)c1. The van der Waals surface area contributed by atoms with Crippen molar-refractivity contribution in [2.45, 2.75) is 26.3 Å². The summed E-state index contributed by atoms with van der Waals surface area (Å²) in [5.74, 6) is -0.973. The lowest BCUT2D eigenvalue weighted by Crippen LogP contribution is -2.08. The van der Waals surface area contributed by atoms with Crippen molar-refractivity contribution in [3.05, 3.63) is 59.2 Å². The lowest BCUT2D eigenvalue weighted by Gasteiger charge is -2.06. The van der Waals surface area contributed by atoms with E-state index in [-0.39, 0.29) is 17.4 Å². The Kier molecular flexibility index (Phi) is 3.69. The number of rotatable bonds is 4. The lowest BCUT2D eigenvalue weighted by molar-refractivity contribution is 0.0685. The van der Waals surface area contributed by atoms with E-state index in [1.54, 1.807) is 22.8 Å². The molecule has 2 aromatic rings. The first-order valence-corrected chi connectivity index (χ1v) is 6.15. The minimum absolute atomic E-state index is 0.257. The average Bonchev–Trinajstić information content (AvgIpc) is 2.76. The highest BCUT2D eigenvalue weighted by Gasteiger charge is 2.14. The van der Waals surface area contributed by atoms with Crippen LogP contribution in [-0.4, -0.2) is 15.6 Å². The zero-order valence-electron chi connectivity index (χ0n) is 10.9. The van der Waals surface area contributed by atoms with Gasteiger partial charge in [-0.25, -0.2) is 9.18 Å². The second kappa shape index (κ2) is 5.26. The molecular formula is C15H16FNO2. The Bertz CT molecular complexity index is 585. The predicted molar refractivity (Wildman–Crippen MR) is 71.0 cm³/mol. The van der Waals surface area contributed by atoms with Gasteiger partial charge in [0.2, 0.25) is 0 Å². The topological polar surface area (TPSA) is 42.2 Å². The molecule has 1 N–H and O–H groups in total. The second-order valence-corrected chi connectivity index (χ2v) is 4.87. The van der Waals surface area contributed by atoms with Gasteiger partial charge in [-0.2, -0.15) is 0 Å². The van der Waals surface area contributed by atoms with Crippen molar-refractivity contribution in [2.75, 3.05) is 0 Å². The Labute approximate surface area is 111 Å². The van der Waals surface area contributed by atoms with E-state index in [1.807, 2.05) is 20.0 Å². The van der Waals surface area contributed by atoms with Gasteiger partial charge in [0.05, 0.1) is 0 Å². The van der Waals surface area contributed by atoms with Crippen molar-refractivity contribution < 1.29 is 14.3 Å². The Balaban J connectivity index is 2.33. The standard InChI is InChI=1S/C15H16FNO2/c1-10(2)12-7-14(15(18)19)17(9-12)8-11-3-5-13(16)6-4-11/h3-7,9-10H,8H2,1-2H3,(H,18,19).